The fourth-order valence-corrected chi connectivity index (χ4v) is 2.89. The zero-order valence-corrected chi connectivity index (χ0v) is 16.0. The summed E-state index contributed by atoms with van der Waals surface area (Å²) in [4.78, 5) is 23.9. The molecule has 2 rings (SSSR count). The van der Waals surface area contributed by atoms with E-state index in [9.17, 15) is 9.59 Å². The van der Waals surface area contributed by atoms with Crippen LogP contribution in [0.1, 0.15) is 45.6 Å². The Morgan fingerprint density at radius 2 is 1.73 bits per heavy atom. The van der Waals surface area contributed by atoms with E-state index in [1.54, 1.807) is 14.0 Å². The highest BCUT2D eigenvalue weighted by molar-refractivity contribution is 5.89. The molecule has 1 unspecified atom stereocenters. The number of benzene rings is 2. The maximum Gasteiger partial charge on any atom is 0.305 e. The lowest BCUT2D eigenvalue weighted by Crippen LogP contribution is -2.52. The monoisotopic (exact) mass is 357 g/mol. The Labute approximate surface area is 154 Å². The quantitative estimate of drug-likeness (QED) is 0.786. The van der Waals surface area contributed by atoms with Gasteiger partial charge in [0, 0.05) is 5.54 Å². The van der Waals surface area contributed by atoms with Crippen LogP contribution in [0.15, 0.2) is 36.4 Å². The van der Waals surface area contributed by atoms with E-state index < -0.39 is 11.5 Å². The summed E-state index contributed by atoms with van der Waals surface area (Å²) < 4.78 is 5.24. The van der Waals surface area contributed by atoms with Crippen LogP contribution in [-0.4, -0.2) is 29.6 Å². The smallest absolute Gasteiger partial charge is 0.305 e. The molecule has 0 aliphatic carbocycles. The Morgan fingerprint density at radius 3 is 2.31 bits per heavy atom. The van der Waals surface area contributed by atoms with Crippen LogP contribution in [0.25, 0.3) is 10.8 Å². The third kappa shape index (κ3) is 4.34. The SMILES string of the molecule is COc1ccc2cc([C@H](C)C(=O)NC(C)(CC(=O)O)C(C)C)ccc2c1. The second kappa shape index (κ2) is 7.77. The van der Waals surface area contributed by atoms with E-state index >= 15 is 0 Å². The second-order valence-corrected chi connectivity index (χ2v) is 7.33. The van der Waals surface area contributed by atoms with Gasteiger partial charge in [-0.25, -0.2) is 0 Å². The molecule has 0 saturated heterocycles. The first-order chi connectivity index (χ1) is 12.2. The van der Waals surface area contributed by atoms with E-state index in [0.717, 1.165) is 22.1 Å². The minimum Gasteiger partial charge on any atom is -0.497 e. The van der Waals surface area contributed by atoms with Gasteiger partial charge in [0.05, 0.1) is 19.4 Å². The fourth-order valence-electron chi connectivity index (χ4n) is 2.89. The number of fused-ring (bicyclic) bond motifs is 1. The van der Waals surface area contributed by atoms with Crippen LogP contribution in [0.5, 0.6) is 5.75 Å². The Balaban J connectivity index is 2.24. The molecule has 0 heterocycles. The molecule has 2 atom stereocenters. The van der Waals surface area contributed by atoms with Crippen LogP contribution in [0.3, 0.4) is 0 Å². The highest BCUT2D eigenvalue weighted by Crippen LogP contribution is 2.27. The van der Waals surface area contributed by atoms with E-state index in [1.807, 2.05) is 57.2 Å². The molecule has 0 fully saturated rings. The number of aliphatic carboxylic acids is 1. The van der Waals surface area contributed by atoms with Gasteiger partial charge in [-0.2, -0.15) is 0 Å². The average molecular weight is 357 g/mol. The van der Waals surface area contributed by atoms with Crippen molar-refractivity contribution < 1.29 is 19.4 Å². The number of carbonyl (C=O) groups is 2. The molecule has 2 aromatic rings. The molecule has 26 heavy (non-hydrogen) atoms. The first-order valence-electron chi connectivity index (χ1n) is 8.78. The van der Waals surface area contributed by atoms with Gasteiger partial charge in [0.25, 0.3) is 0 Å². The van der Waals surface area contributed by atoms with Crippen LogP contribution in [0, 0.1) is 5.92 Å². The third-order valence-corrected chi connectivity index (χ3v) is 5.17. The molecule has 2 aromatic carbocycles. The zero-order chi connectivity index (χ0) is 19.5. The van der Waals surface area contributed by atoms with Gasteiger partial charge in [-0.3, -0.25) is 9.59 Å². The Kier molecular flexibility index (Phi) is 5.90. The summed E-state index contributed by atoms with van der Waals surface area (Å²) in [6, 6.07) is 11.7. The zero-order valence-electron chi connectivity index (χ0n) is 16.0. The van der Waals surface area contributed by atoms with Gasteiger partial charge >= 0.3 is 5.97 Å². The summed E-state index contributed by atoms with van der Waals surface area (Å²) in [5.74, 6) is -0.686. The highest BCUT2D eigenvalue weighted by Gasteiger charge is 2.34. The maximum atomic E-state index is 12.8. The molecule has 0 aliphatic rings. The highest BCUT2D eigenvalue weighted by atomic mass is 16.5. The van der Waals surface area contributed by atoms with Gasteiger partial charge in [-0.15, -0.1) is 0 Å². The molecule has 5 nitrogen and oxygen atoms in total. The van der Waals surface area contributed by atoms with E-state index in [0.29, 0.717) is 0 Å². The summed E-state index contributed by atoms with van der Waals surface area (Å²) in [6.07, 6.45) is -0.110. The van der Waals surface area contributed by atoms with Crippen molar-refractivity contribution in [2.24, 2.45) is 5.92 Å². The van der Waals surface area contributed by atoms with E-state index in [-0.39, 0.29) is 24.2 Å². The third-order valence-electron chi connectivity index (χ3n) is 5.17. The van der Waals surface area contributed by atoms with E-state index in [1.165, 1.54) is 0 Å². The summed E-state index contributed by atoms with van der Waals surface area (Å²) in [7, 11) is 1.63. The minimum absolute atomic E-state index is 0.00109. The van der Waals surface area contributed by atoms with Crippen LogP contribution in [0.4, 0.5) is 0 Å². The predicted molar refractivity (Wildman–Crippen MR) is 103 cm³/mol. The van der Waals surface area contributed by atoms with Gasteiger partial charge in [0.15, 0.2) is 0 Å². The van der Waals surface area contributed by atoms with Gasteiger partial charge in [0.2, 0.25) is 5.91 Å². The van der Waals surface area contributed by atoms with Gasteiger partial charge in [-0.1, -0.05) is 38.1 Å². The fraction of sp³-hybridized carbons (Fsp3) is 0.429. The molecule has 0 spiro atoms. The van der Waals surface area contributed by atoms with Crippen molar-refractivity contribution in [2.75, 3.05) is 7.11 Å². The standard InChI is InChI=1S/C21H27NO4/c1-13(2)21(4,12-19(23)24)22-20(25)14(3)15-6-7-17-11-18(26-5)9-8-16(17)10-15/h6-11,13-14H,12H2,1-5H3,(H,22,25)(H,23,24)/t14-,21?/m0/s1. The Morgan fingerprint density at radius 1 is 1.12 bits per heavy atom. The summed E-state index contributed by atoms with van der Waals surface area (Å²) >= 11 is 0. The minimum atomic E-state index is -0.922. The number of ether oxygens (including phenoxy) is 1. The van der Waals surface area contributed by atoms with Crippen molar-refractivity contribution in [1.82, 2.24) is 5.32 Å². The lowest BCUT2D eigenvalue weighted by molar-refractivity contribution is -0.139. The number of hydrogen-bond donors (Lipinski definition) is 2. The van der Waals surface area contributed by atoms with Crippen LogP contribution >= 0.6 is 0 Å². The largest absolute Gasteiger partial charge is 0.497 e. The van der Waals surface area contributed by atoms with Crippen molar-refractivity contribution >= 4 is 22.6 Å². The molecule has 0 aliphatic heterocycles. The maximum absolute atomic E-state index is 12.8. The summed E-state index contributed by atoms with van der Waals surface area (Å²) in [5.41, 5.74) is 0.100. The van der Waals surface area contributed by atoms with Crippen molar-refractivity contribution in [1.29, 1.82) is 0 Å². The first kappa shape index (κ1) is 19.8. The number of rotatable bonds is 7. The van der Waals surface area contributed by atoms with Gasteiger partial charge in [-0.05, 0) is 48.2 Å². The molecular formula is C21H27NO4. The first-order valence-corrected chi connectivity index (χ1v) is 8.78. The molecule has 0 radical (unpaired) electrons. The van der Waals surface area contributed by atoms with Crippen molar-refractivity contribution in [3.05, 3.63) is 42.0 Å². The summed E-state index contributed by atoms with van der Waals surface area (Å²) in [6.45, 7) is 7.44. The Bertz CT molecular complexity index is 815. The molecular weight excluding hydrogens is 330 g/mol. The molecule has 0 aromatic heterocycles. The number of amides is 1. The average Bonchev–Trinajstić information content (AvgIpc) is 2.59. The molecule has 1 amide bonds. The van der Waals surface area contributed by atoms with Crippen molar-refractivity contribution in [3.8, 4) is 5.75 Å². The lowest BCUT2D eigenvalue weighted by atomic mass is 9.84. The number of nitrogens with one attached hydrogen (secondary N) is 1. The lowest BCUT2D eigenvalue weighted by Gasteiger charge is -2.34. The number of methoxy groups -OCH3 is 1. The normalized spacial score (nSPS) is 14.7. The molecule has 5 heteroatoms. The molecule has 140 valence electrons. The van der Waals surface area contributed by atoms with Crippen LogP contribution < -0.4 is 10.1 Å². The van der Waals surface area contributed by atoms with E-state index in [2.05, 4.69) is 5.32 Å². The van der Waals surface area contributed by atoms with Gasteiger partial charge < -0.3 is 15.2 Å². The second-order valence-electron chi connectivity index (χ2n) is 7.33. The Hall–Kier alpha value is -2.56. The van der Waals surface area contributed by atoms with Crippen molar-refractivity contribution in [3.63, 3.8) is 0 Å². The number of carboxylic acid groups (broad SMARTS) is 1. The number of hydrogen-bond acceptors (Lipinski definition) is 3. The van der Waals surface area contributed by atoms with E-state index in [4.69, 9.17) is 9.84 Å². The molecule has 0 bridgehead atoms. The van der Waals surface area contributed by atoms with Crippen LogP contribution in [0.2, 0.25) is 0 Å². The van der Waals surface area contributed by atoms with Crippen LogP contribution in [-0.2, 0) is 9.59 Å². The number of carboxylic acids is 1. The molecule has 0 saturated carbocycles. The summed E-state index contributed by atoms with van der Waals surface area (Å²) in [5, 5.41) is 14.2. The van der Waals surface area contributed by atoms with Crippen molar-refractivity contribution in [2.45, 2.75) is 45.6 Å². The number of carbonyl (C=O) groups excluding carboxylic acids is 1. The predicted octanol–water partition coefficient (Wildman–Crippen LogP) is 3.96. The van der Waals surface area contributed by atoms with Gasteiger partial charge in [0.1, 0.15) is 5.75 Å². The topological polar surface area (TPSA) is 75.6 Å². The molecule has 2 N–H and O–H groups in total.